The summed E-state index contributed by atoms with van der Waals surface area (Å²) in [6.07, 6.45) is -8.17. The molecule has 8 heteroatoms. The third-order valence-electron chi connectivity index (χ3n) is 1.01. The van der Waals surface area contributed by atoms with Gasteiger partial charge in [-0.15, -0.1) is 0 Å². The van der Waals surface area contributed by atoms with Gasteiger partial charge in [-0.1, -0.05) is 0 Å². The number of ketones is 1. The Morgan fingerprint density at radius 3 is 1.62 bits per heavy atom. The summed E-state index contributed by atoms with van der Waals surface area (Å²) in [7, 11) is 0. The van der Waals surface area contributed by atoms with Gasteiger partial charge in [0.1, 0.15) is 6.42 Å². The van der Waals surface area contributed by atoms with Gasteiger partial charge in [-0.05, 0) is 0 Å². The highest BCUT2D eigenvalue weighted by molar-refractivity contribution is 5.99. The second-order valence-corrected chi connectivity index (χ2v) is 2.03. The first-order chi connectivity index (χ1) is 5.59. The van der Waals surface area contributed by atoms with Gasteiger partial charge in [-0.3, -0.25) is 9.59 Å². The molecule has 0 saturated heterocycles. The zero-order valence-electron chi connectivity index (χ0n) is 5.79. The summed E-state index contributed by atoms with van der Waals surface area (Å²) in [6, 6.07) is -2.53. The van der Waals surface area contributed by atoms with Crippen LogP contribution in [0.15, 0.2) is 0 Å². The average Bonchev–Trinajstić information content (AvgIpc) is 1.82. The van der Waals surface area contributed by atoms with Gasteiger partial charge in [0.2, 0.25) is 5.78 Å². The number of carbonyl (C=O) groups is 2. The Labute approximate surface area is 67.5 Å². The average molecular weight is 208 g/mol. The van der Waals surface area contributed by atoms with Gasteiger partial charge in [-0.2, -0.15) is 26.3 Å². The van der Waals surface area contributed by atoms with Crippen molar-refractivity contribution < 1.29 is 35.9 Å². The topological polar surface area (TPSA) is 34.1 Å². The summed E-state index contributed by atoms with van der Waals surface area (Å²) in [5.74, 6) is -8.47. The largest absolute Gasteiger partial charge is 0.461 e. The maximum atomic E-state index is 11.9. The van der Waals surface area contributed by atoms with Gasteiger partial charge in [0.05, 0.1) is 0 Å². The summed E-state index contributed by atoms with van der Waals surface area (Å²) >= 11 is 0. The van der Waals surface area contributed by atoms with Crippen molar-refractivity contribution in [3.63, 3.8) is 0 Å². The van der Waals surface area contributed by atoms with Gasteiger partial charge in [0.25, 0.3) is 0 Å². The van der Waals surface area contributed by atoms with Crippen molar-refractivity contribution in [2.45, 2.75) is 18.5 Å². The molecule has 0 unspecified atom stereocenters. The molecule has 0 atom stereocenters. The molecule has 0 aliphatic carbocycles. The highest BCUT2D eigenvalue weighted by Crippen LogP contribution is 2.36. The number of alkyl halides is 5. The Balaban J connectivity index is 4.65. The quantitative estimate of drug-likeness (QED) is 0.401. The number of hydrogen-bond acceptors (Lipinski definition) is 2. The Bertz CT molecular complexity index is 230. The second kappa shape index (κ2) is 3.35. The molecule has 76 valence electrons. The van der Waals surface area contributed by atoms with Crippen LogP contribution in [0, 0.1) is 0 Å². The molecule has 0 amide bonds. The van der Waals surface area contributed by atoms with E-state index in [-0.39, 0.29) is 0 Å². The third-order valence-corrected chi connectivity index (χ3v) is 1.01. The van der Waals surface area contributed by atoms with Crippen LogP contribution in [-0.4, -0.2) is 23.9 Å². The standard InChI is InChI=1S/C5H2F6O2/c6-3(13)1-2(12)4(7,8)5(9,10)11/h1H2. The van der Waals surface area contributed by atoms with Gasteiger partial charge in [-0.25, -0.2) is 0 Å². The molecule has 0 rings (SSSR count). The third kappa shape index (κ3) is 2.71. The predicted octanol–water partition coefficient (Wildman–Crippen LogP) is 1.64. The van der Waals surface area contributed by atoms with E-state index in [1.54, 1.807) is 0 Å². The normalized spacial score (nSPS) is 12.8. The van der Waals surface area contributed by atoms with E-state index in [9.17, 15) is 35.9 Å². The molecule has 0 saturated carbocycles. The molecule has 0 radical (unpaired) electrons. The molecule has 0 spiro atoms. The predicted molar refractivity (Wildman–Crippen MR) is 26.7 cm³/mol. The van der Waals surface area contributed by atoms with Crippen molar-refractivity contribution in [1.82, 2.24) is 0 Å². The van der Waals surface area contributed by atoms with E-state index < -0.39 is 30.3 Å². The van der Waals surface area contributed by atoms with Crippen molar-refractivity contribution in [2.75, 3.05) is 0 Å². The Morgan fingerprint density at radius 1 is 1.00 bits per heavy atom. The van der Waals surface area contributed by atoms with Crippen LogP contribution in [0.1, 0.15) is 6.42 Å². The van der Waals surface area contributed by atoms with Crippen LogP contribution in [0.5, 0.6) is 0 Å². The Kier molecular flexibility index (Phi) is 3.07. The molecule has 0 aliphatic rings. The molecule has 0 aliphatic heterocycles. The van der Waals surface area contributed by atoms with Crippen molar-refractivity contribution >= 4 is 11.8 Å². The van der Waals surface area contributed by atoms with E-state index >= 15 is 0 Å². The molecule has 2 nitrogen and oxygen atoms in total. The van der Waals surface area contributed by atoms with Crippen molar-refractivity contribution in [3.8, 4) is 0 Å². The van der Waals surface area contributed by atoms with Crippen molar-refractivity contribution in [2.24, 2.45) is 0 Å². The SMILES string of the molecule is O=C(F)CC(=O)C(F)(F)C(F)(F)F. The van der Waals surface area contributed by atoms with E-state index in [0.29, 0.717) is 0 Å². The van der Waals surface area contributed by atoms with Gasteiger partial charge in [0, 0.05) is 0 Å². The molecular weight excluding hydrogens is 206 g/mol. The minimum absolute atomic E-state index is 2.08. The lowest BCUT2D eigenvalue weighted by atomic mass is 10.1. The molecule has 0 bridgehead atoms. The van der Waals surface area contributed by atoms with Crippen LogP contribution < -0.4 is 0 Å². The Morgan fingerprint density at radius 2 is 1.38 bits per heavy atom. The van der Waals surface area contributed by atoms with Crippen LogP contribution in [0.25, 0.3) is 0 Å². The first kappa shape index (κ1) is 11.9. The lowest BCUT2D eigenvalue weighted by Gasteiger charge is -2.16. The fourth-order valence-electron chi connectivity index (χ4n) is 0.395. The van der Waals surface area contributed by atoms with Crippen molar-refractivity contribution in [3.05, 3.63) is 0 Å². The zero-order valence-corrected chi connectivity index (χ0v) is 5.79. The van der Waals surface area contributed by atoms with Crippen LogP contribution in [0.2, 0.25) is 0 Å². The number of carbonyl (C=O) groups excluding carboxylic acids is 2. The van der Waals surface area contributed by atoms with Crippen LogP contribution in [-0.2, 0) is 9.59 Å². The summed E-state index contributed by atoms with van der Waals surface area (Å²) < 4.78 is 69.1. The maximum Gasteiger partial charge on any atom is 0.461 e. The van der Waals surface area contributed by atoms with Gasteiger partial charge >= 0.3 is 18.1 Å². The van der Waals surface area contributed by atoms with E-state index in [1.807, 2.05) is 0 Å². The Hall–Kier alpha value is -1.08. The summed E-state index contributed by atoms with van der Waals surface area (Å²) in [5.41, 5.74) is 0. The summed E-state index contributed by atoms with van der Waals surface area (Å²) in [4.78, 5) is 19.4. The first-order valence-corrected chi connectivity index (χ1v) is 2.75. The minimum atomic E-state index is -6.10. The summed E-state index contributed by atoms with van der Waals surface area (Å²) in [5, 5.41) is 0. The molecule has 13 heavy (non-hydrogen) atoms. The van der Waals surface area contributed by atoms with Crippen molar-refractivity contribution in [1.29, 1.82) is 0 Å². The lowest BCUT2D eigenvalue weighted by molar-refractivity contribution is -0.268. The number of halogens is 6. The number of rotatable bonds is 3. The van der Waals surface area contributed by atoms with E-state index in [0.717, 1.165) is 0 Å². The second-order valence-electron chi connectivity index (χ2n) is 2.03. The monoisotopic (exact) mass is 208 g/mol. The van der Waals surface area contributed by atoms with Crippen LogP contribution in [0.3, 0.4) is 0 Å². The molecule has 0 aromatic heterocycles. The molecule has 0 aromatic carbocycles. The number of Topliss-reactive ketones (excluding diaryl/α,β-unsaturated/α-hetero) is 1. The summed E-state index contributed by atoms with van der Waals surface area (Å²) in [6.45, 7) is 0. The molecule has 0 aromatic rings. The number of hydrogen-bond donors (Lipinski definition) is 0. The molecular formula is C5H2F6O2. The molecule has 0 fully saturated rings. The van der Waals surface area contributed by atoms with E-state index in [1.165, 1.54) is 0 Å². The maximum absolute atomic E-state index is 11.9. The molecule has 0 heterocycles. The zero-order chi connectivity index (χ0) is 10.9. The van der Waals surface area contributed by atoms with Crippen LogP contribution >= 0.6 is 0 Å². The van der Waals surface area contributed by atoms with E-state index in [4.69, 9.17) is 0 Å². The lowest BCUT2D eigenvalue weighted by Crippen LogP contribution is -2.44. The van der Waals surface area contributed by atoms with Gasteiger partial charge < -0.3 is 0 Å². The van der Waals surface area contributed by atoms with Crippen LogP contribution in [0.4, 0.5) is 26.3 Å². The van der Waals surface area contributed by atoms with E-state index in [2.05, 4.69) is 0 Å². The fraction of sp³-hybridized carbons (Fsp3) is 0.600. The smallest absolute Gasteiger partial charge is 0.292 e. The first-order valence-electron chi connectivity index (χ1n) is 2.75. The fourth-order valence-corrected chi connectivity index (χ4v) is 0.395. The highest BCUT2D eigenvalue weighted by Gasteiger charge is 2.62. The minimum Gasteiger partial charge on any atom is -0.292 e. The highest BCUT2D eigenvalue weighted by atomic mass is 19.4. The molecule has 0 N–H and O–H groups in total. The van der Waals surface area contributed by atoms with Gasteiger partial charge in [0.15, 0.2) is 0 Å².